The topological polar surface area (TPSA) is 118 Å². The number of halogens is 1. The zero-order chi connectivity index (χ0) is 21.0. The Hall–Kier alpha value is -1.88. The molecule has 1 unspecified atom stereocenters. The van der Waals surface area contributed by atoms with Crippen LogP contribution in [-0.2, 0) is 41.2 Å². The predicted molar refractivity (Wildman–Crippen MR) is 110 cm³/mol. The first-order valence-corrected chi connectivity index (χ1v) is 11.9. The van der Waals surface area contributed by atoms with Gasteiger partial charge in [-0.05, 0) is 63.5 Å². The summed E-state index contributed by atoms with van der Waals surface area (Å²) in [5.41, 5.74) is 3.20. The minimum Gasteiger partial charge on any atom is -0.386 e. The quantitative estimate of drug-likeness (QED) is 0.680. The van der Waals surface area contributed by atoms with Crippen LogP contribution in [0.4, 0.5) is 14.9 Å². The summed E-state index contributed by atoms with van der Waals surface area (Å²) in [4.78, 5) is 17.3. The fourth-order valence-electron chi connectivity index (χ4n) is 3.97. The molecule has 0 saturated heterocycles. The molecule has 0 radical (unpaired) electrons. The van der Waals surface area contributed by atoms with Gasteiger partial charge in [-0.15, -0.1) is 15.7 Å². The first-order chi connectivity index (χ1) is 13.6. The smallest absolute Gasteiger partial charge is 0.354 e. The number of amides is 2. The third-order valence-electron chi connectivity index (χ3n) is 5.33. The number of urea groups is 1. The molecule has 0 saturated carbocycles. The van der Waals surface area contributed by atoms with Crippen molar-refractivity contribution in [3.8, 4) is 0 Å². The van der Waals surface area contributed by atoms with Crippen LogP contribution in [0.25, 0.3) is 0 Å². The highest BCUT2D eigenvalue weighted by molar-refractivity contribution is 7.93. The number of fused-ring (bicyclic) bond motifs is 2. The van der Waals surface area contributed by atoms with Gasteiger partial charge in [0, 0.05) is 22.3 Å². The Morgan fingerprint density at radius 3 is 2.38 bits per heavy atom. The number of nitrogens with zero attached hydrogens (tertiary/aromatic N) is 2. The van der Waals surface area contributed by atoms with Gasteiger partial charge in [-0.25, -0.2) is 18.5 Å². The number of hydrogen-bond acceptors (Lipinski definition) is 5. The molecule has 29 heavy (non-hydrogen) atoms. The van der Waals surface area contributed by atoms with E-state index >= 15 is 0 Å². The van der Waals surface area contributed by atoms with Crippen molar-refractivity contribution in [2.24, 2.45) is 9.50 Å². The van der Waals surface area contributed by atoms with Gasteiger partial charge < -0.3 is 10.4 Å². The van der Waals surface area contributed by atoms with E-state index in [2.05, 4.69) is 9.68 Å². The molecule has 0 aliphatic heterocycles. The highest BCUT2D eigenvalue weighted by Gasteiger charge is 2.30. The maximum Gasteiger partial charge on any atom is 0.354 e. The van der Waals surface area contributed by atoms with E-state index in [1.54, 1.807) is 0 Å². The molecule has 156 valence electrons. The molecule has 2 heterocycles. The molecule has 4 N–H and O–H groups in total. The molecule has 2 aromatic rings. The van der Waals surface area contributed by atoms with Crippen LogP contribution in [0.5, 0.6) is 0 Å². The standard InChI is InChI=1S/C19H23FN4O3S2/c1-19(2,26)12-9-28-17(15(12)20)29(21,27)24-18(25)23-16-10-5-3-7-13(10)22-14-8-4-6-11(14)16/h9,26H,3-8H2,1-2H3,(H3,21,22,23,24,25,27). The van der Waals surface area contributed by atoms with Gasteiger partial charge in [0.05, 0.1) is 11.3 Å². The number of nitrogens with one attached hydrogen (secondary N) is 1. The van der Waals surface area contributed by atoms with Crippen LogP contribution >= 0.6 is 11.3 Å². The van der Waals surface area contributed by atoms with Crippen molar-refractivity contribution >= 4 is 33.0 Å². The molecular weight excluding hydrogens is 415 g/mol. The molecule has 0 bridgehead atoms. The van der Waals surface area contributed by atoms with Crippen molar-refractivity contribution in [2.75, 3.05) is 5.32 Å². The number of pyridine rings is 1. The normalized spacial score (nSPS) is 17.6. The second kappa shape index (κ2) is 7.12. The zero-order valence-corrected chi connectivity index (χ0v) is 17.9. The van der Waals surface area contributed by atoms with Crippen LogP contribution in [-0.4, -0.2) is 20.3 Å². The summed E-state index contributed by atoms with van der Waals surface area (Å²) in [5, 5.41) is 19.9. The molecule has 1 atom stereocenters. The van der Waals surface area contributed by atoms with Gasteiger partial charge in [-0.2, -0.15) is 0 Å². The molecule has 0 spiro atoms. The summed E-state index contributed by atoms with van der Waals surface area (Å²) in [6.45, 7) is 2.82. The molecule has 0 aromatic carbocycles. The van der Waals surface area contributed by atoms with Gasteiger partial charge >= 0.3 is 6.03 Å². The van der Waals surface area contributed by atoms with E-state index in [1.165, 1.54) is 19.2 Å². The van der Waals surface area contributed by atoms with E-state index in [4.69, 9.17) is 10.1 Å². The Balaban J connectivity index is 1.68. The SMILES string of the molecule is CC(C)(O)c1csc(S(N)(=O)=NC(=O)Nc2c3c(nc4c2CCC4)CCC3)c1F. The molecule has 2 amide bonds. The Kier molecular flexibility index (Phi) is 5.01. The lowest BCUT2D eigenvalue weighted by Gasteiger charge is -2.15. The Morgan fingerprint density at radius 1 is 1.28 bits per heavy atom. The lowest BCUT2D eigenvalue weighted by Crippen LogP contribution is -2.20. The maximum absolute atomic E-state index is 14.7. The largest absolute Gasteiger partial charge is 0.386 e. The van der Waals surface area contributed by atoms with Gasteiger partial charge in [0.25, 0.3) is 0 Å². The number of carbonyl (C=O) groups excluding carboxylic acids is 1. The highest BCUT2D eigenvalue weighted by Crippen LogP contribution is 2.37. The number of thiophene rings is 1. The van der Waals surface area contributed by atoms with Crippen LogP contribution in [0.1, 0.15) is 54.8 Å². The molecule has 0 fully saturated rings. The van der Waals surface area contributed by atoms with Crippen molar-refractivity contribution in [3.63, 3.8) is 0 Å². The second-order valence-corrected chi connectivity index (χ2v) is 10.8. The summed E-state index contributed by atoms with van der Waals surface area (Å²) in [7, 11) is -3.80. The Labute approximate surface area is 172 Å². The molecule has 2 aliphatic carbocycles. The van der Waals surface area contributed by atoms with E-state index in [9.17, 15) is 18.5 Å². The number of aliphatic hydroxyl groups is 1. The number of carbonyl (C=O) groups is 1. The minimum atomic E-state index is -3.80. The fraction of sp³-hybridized carbons (Fsp3) is 0.474. The Morgan fingerprint density at radius 2 is 1.86 bits per heavy atom. The number of aryl methyl sites for hydroxylation is 2. The average Bonchev–Trinajstić information content (AvgIpc) is 3.31. The van der Waals surface area contributed by atoms with E-state index < -0.39 is 27.4 Å². The number of anilines is 1. The molecular formula is C19H23FN4O3S2. The molecule has 2 aliphatic rings. The molecule has 2 aromatic heterocycles. The third-order valence-corrected chi connectivity index (χ3v) is 8.23. The highest BCUT2D eigenvalue weighted by atomic mass is 32.2. The summed E-state index contributed by atoms with van der Waals surface area (Å²) in [6, 6.07) is -0.871. The molecule has 7 nitrogen and oxygen atoms in total. The van der Waals surface area contributed by atoms with Crippen molar-refractivity contribution in [1.29, 1.82) is 0 Å². The summed E-state index contributed by atoms with van der Waals surface area (Å²) in [5.74, 6) is -0.891. The second-order valence-electron chi connectivity index (χ2n) is 7.94. The van der Waals surface area contributed by atoms with Crippen molar-refractivity contribution in [2.45, 2.75) is 62.2 Å². The van der Waals surface area contributed by atoms with Crippen molar-refractivity contribution < 1.29 is 18.5 Å². The minimum absolute atomic E-state index is 0.0314. The summed E-state index contributed by atoms with van der Waals surface area (Å²) >= 11 is 0.779. The number of rotatable bonds is 3. The maximum atomic E-state index is 14.7. The zero-order valence-electron chi connectivity index (χ0n) is 16.2. The van der Waals surface area contributed by atoms with Gasteiger partial charge in [-0.3, -0.25) is 4.98 Å². The Bertz CT molecular complexity index is 1100. The van der Waals surface area contributed by atoms with Crippen LogP contribution < -0.4 is 10.5 Å². The third kappa shape index (κ3) is 3.70. The molecule has 10 heteroatoms. The van der Waals surface area contributed by atoms with Crippen molar-refractivity contribution in [3.05, 3.63) is 39.3 Å². The number of aromatic nitrogens is 1. The van der Waals surface area contributed by atoms with Gasteiger partial charge in [0.15, 0.2) is 19.9 Å². The van der Waals surface area contributed by atoms with E-state index in [0.29, 0.717) is 5.69 Å². The number of hydrogen-bond donors (Lipinski definition) is 3. The number of nitrogens with two attached hydrogens (primary N) is 1. The van der Waals surface area contributed by atoms with E-state index in [-0.39, 0.29) is 9.77 Å². The fourth-order valence-corrected chi connectivity index (χ4v) is 6.35. The average molecular weight is 439 g/mol. The van der Waals surface area contributed by atoms with E-state index in [0.717, 1.165) is 72.4 Å². The van der Waals surface area contributed by atoms with Gasteiger partial charge in [0.1, 0.15) is 0 Å². The monoisotopic (exact) mass is 438 g/mol. The summed E-state index contributed by atoms with van der Waals surface area (Å²) in [6.07, 6.45) is 5.32. The van der Waals surface area contributed by atoms with Crippen LogP contribution in [0.15, 0.2) is 14.0 Å². The van der Waals surface area contributed by atoms with Crippen molar-refractivity contribution in [1.82, 2.24) is 4.98 Å². The van der Waals surface area contributed by atoms with Gasteiger partial charge in [0.2, 0.25) is 0 Å². The van der Waals surface area contributed by atoms with Crippen LogP contribution in [0, 0.1) is 5.82 Å². The van der Waals surface area contributed by atoms with Crippen LogP contribution in [0.2, 0.25) is 0 Å². The summed E-state index contributed by atoms with van der Waals surface area (Å²) < 4.78 is 30.7. The van der Waals surface area contributed by atoms with Crippen LogP contribution in [0.3, 0.4) is 0 Å². The first-order valence-electron chi connectivity index (χ1n) is 9.47. The lowest BCUT2D eigenvalue weighted by molar-refractivity contribution is 0.0748. The van der Waals surface area contributed by atoms with E-state index in [1.807, 2.05) is 0 Å². The van der Waals surface area contributed by atoms with Gasteiger partial charge in [-0.1, -0.05) is 0 Å². The lowest BCUT2D eigenvalue weighted by atomic mass is 10.0. The molecule has 4 rings (SSSR count). The first kappa shape index (κ1) is 20.4. The predicted octanol–water partition coefficient (Wildman–Crippen LogP) is 3.42.